The number of hydrogen-bond donors (Lipinski definition) is 2. The minimum Gasteiger partial charge on any atom is -0.444 e. The van der Waals surface area contributed by atoms with Crippen LogP contribution in [0.5, 0.6) is 0 Å². The van der Waals surface area contributed by atoms with Gasteiger partial charge in [-0.1, -0.05) is 85.3 Å². The Hall–Kier alpha value is -3.38. The second-order valence-corrected chi connectivity index (χ2v) is 14.6. The molecule has 0 saturated carbocycles. The van der Waals surface area contributed by atoms with E-state index in [4.69, 9.17) is 55.7 Å². The SMILES string of the molecule is CC(C)C(NC(=O)OC(C)(C)C)C(=O)N[C@H](C(=O)CCN(C(=O)C(Cl)Cl)c1ccnc(-c2cc(-c3c(Cl)cccc3Cl)no2)c1)C(C)C. The zero-order valence-corrected chi connectivity index (χ0v) is 30.7. The van der Waals surface area contributed by atoms with Crippen molar-refractivity contribution in [1.82, 2.24) is 20.8 Å². The van der Waals surface area contributed by atoms with Crippen LogP contribution in [-0.4, -0.2) is 62.9 Å². The van der Waals surface area contributed by atoms with Crippen molar-refractivity contribution in [2.75, 3.05) is 11.4 Å². The predicted octanol–water partition coefficient (Wildman–Crippen LogP) is 7.50. The zero-order valence-electron chi connectivity index (χ0n) is 27.6. The molecule has 2 atom stereocenters. The zero-order chi connectivity index (χ0) is 35.9. The summed E-state index contributed by atoms with van der Waals surface area (Å²) in [5, 5.41) is 10.2. The summed E-state index contributed by atoms with van der Waals surface area (Å²) in [6, 6.07) is 7.91. The molecular formula is C33H39Cl4N5O6. The van der Waals surface area contributed by atoms with Crippen LogP contribution in [0.1, 0.15) is 54.9 Å². The van der Waals surface area contributed by atoms with Gasteiger partial charge in [0.05, 0.1) is 16.1 Å². The number of alkyl halides is 2. The number of Topliss-reactive ketones (excluding diaryl/α,β-unsaturated/α-hetero) is 1. The van der Waals surface area contributed by atoms with Gasteiger partial charge in [-0.2, -0.15) is 0 Å². The van der Waals surface area contributed by atoms with Gasteiger partial charge in [0.1, 0.15) is 23.0 Å². The fraction of sp³-hybridized carbons (Fsp3) is 0.455. The van der Waals surface area contributed by atoms with Crippen molar-refractivity contribution in [3.05, 3.63) is 52.6 Å². The fourth-order valence-electron chi connectivity index (χ4n) is 4.67. The molecule has 2 aromatic heterocycles. The van der Waals surface area contributed by atoms with Gasteiger partial charge in [0, 0.05) is 36.5 Å². The number of ketones is 1. The number of nitrogens with one attached hydrogen (secondary N) is 2. The maximum Gasteiger partial charge on any atom is 0.408 e. The predicted molar refractivity (Wildman–Crippen MR) is 187 cm³/mol. The highest BCUT2D eigenvalue weighted by Gasteiger charge is 2.32. The molecule has 3 aromatic rings. The monoisotopic (exact) mass is 741 g/mol. The van der Waals surface area contributed by atoms with Gasteiger partial charge in [-0.3, -0.25) is 19.4 Å². The Kier molecular flexibility index (Phi) is 13.7. The first-order valence-corrected chi connectivity index (χ1v) is 16.8. The van der Waals surface area contributed by atoms with E-state index in [1.165, 1.54) is 11.1 Å². The van der Waals surface area contributed by atoms with E-state index < -0.39 is 40.4 Å². The molecule has 260 valence electrons. The van der Waals surface area contributed by atoms with Crippen molar-refractivity contribution in [3.63, 3.8) is 0 Å². The number of hydrogen-bond acceptors (Lipinski definition) is 8. The highest BCUT2D eigenvalue weighted by atomic mass is 35.5. The van der Waals surface area contributed by atoms with Crippen LogP contribution in [0, 0.1) is 11.8 Å². The van der Waals surface area contributed by atoms with E-state index in [-0.39, 0.29) is 36.3 Å². The Balaban J connectivity index is 1.81. The summed E-state index contributed by atoms with van der Waals surface area (Å²) in [5.74, 6) is -1.91. The molecule has 1 unspecified atom stereocenters. The Bertz CT molecular complexity index is 1600. The second-order valence-electron chi connectivity index (χ2n) is 12.7. The third-order valence-corrected chi connectivity index (χ3v) is 8.01. The first kappa shape index (κ1) is 39.1. The molecule has 48 heavy (non-hydrogen) atoms. The number of nitrogens with zero attached hydrogens (tertiary/aromatic N) is 3. The first-order chi connectivity index (χ1) is 22.4. The normalized spacial score (nSPS) is 13.0. The van der Waals surface area contributed by atoms with Gasteiger partial charge in [-0.15, -0.1) is 0 Å². The lowest BCUT2D eigenvalue weighted by molar-refractivity contribution is -0.130. The smallest absolute Gasteiger partial charge is 0.408 e. The van der Waals surface area contributed by atoms with Crippen LogP contribution in [0.25, 0.3) is 22.7 Å². The standard InChI is InChI=1S/C33H39Cl4N5O6/c1-17(2)27(39-30(44)28(18(3)4)40-32(46)47-33(5,6)7)24(43)12-14-42(31(45)29(36)37)19-11-13-38-22(15-19)25-16-23(41-48-25)26-20(34)9-8-10-21(26)35/h8-11,13,15-18,27-29H,12,14H2,1-7H3,(H,39,44)(H,40,46)/t27-,28?/m0/s1. The van der Waals surface area contributed by atoms with Crippen molar-refractivity contribution in [2.45, 2.75) is 77.4 Å². The average molecular weight is 744 g/mol. The van der Waals surface area contributed by atoms with E-state index in [1.54, 1.807) is 84.9 Å². The summed E-state index contributed by atoms with van der Waals surface area (Å²) in [7, 11) is 0. The van der Waals surface area contributed by atoms with Crippen LogP contribution in [0.4, 0.5) is 10.5 Å². The molecule has 0 bridgehead atoms. The molecule has 0 aliphatic rings. The van der Waals surface area contributed by atoms with E-state index in [9.17, 15) is 19.2 Å². The summed E-state index contributed by atoms with van der Waals surface area (Å²) < 4.78 is 10.8. The van der Waals surface area contributed by atoms with Gasteiger partial charge in [0.2, 0.25) is 5.91 Å². The number of rotatable bonds is 13. The quantitative estimate of drug-likeness (QED) is 0.172. The maximum atomic E-state index is 13.5. The number of carbonyl (C=O) groups is 4. The minimum absolute atomic E-state index is 0.114. The topological polar surface area (TPSA) is 144 Å². The second kappa shape index (κ2) is 16.8. The number of alkyl carbamates (subject to hydrolysis) is 1. The summed E-state index contributed by atoms with van der Waals surface area (Å²) >= 11 is 24.6. The van der Waals surface area contributed by atoms with Crippen molar-refractivity contribution >= 4 is 75.8 Å². The van der Waals surface area contributed by atoms with E-state index in [0.717, 1.165) is 0 Å². The maximum absolute atomic E-state index is 13.5. The van der Waals surface area contributed by atoms with Crippen molar-refractivity contribution < 1.29 is 28.4 Å². The van der Waals surface area contributed by atoms with Crippen molar-refractivity contribution in [3.8, 4) is 22.7 Å². The lowest BCUT2D eigenvalue weighted by Crippen LogP contribution is -2.55. The van der Waals surface area contributed by atoms with E-state index >= 15 is 0 Å². The molecule has 0 aliphatic carbocycles. The molecule has 0 spiro atoms. The molecule has 0 radical (unpaired) electrons. The Morgan fingerprint density at radius 3 is 2.10 bits per heavy atom. The van der Waals surface area contributed by atoms with Gasteiger partial charge in [-0.05, 0) is 56.9 Å². The molecule has 15 heteroatoms. The van der Waals surface area contributed by atoms with Gasteiger partial charge in [0.15, 0.2) is 16.4 Å². The van der Waals surface area contributed by atoms with Crippen LogP contribution in [0.15, 0.2) is 47.1 Å². The third kappa shape index (κ3) is 10.6. The highest BCUT2D eigenvalue weighted by molar-refractivity contribution is 6.54. The van der Waals surface area contributed by atoms with Gasteiger partial charge < -0.3 is 24.8 Å². The van der Waals surface area contributed by atoms with E-state index in [1.807, 2.05) is 0 Å². The van der Waals surface area contributed by atoms with Crippen LogP contribution < -0.4 is 15.5 Å². The molecule has 0 fully saturated rings. The van der Waals surface area contributed by atoms with Crippen LogP contribution in [-0.2, 0) is 19.1 Å². The molecule has 0 saturated heterocycles. The third-order valence-electron chi connectivity index (χ3n) is 7.00. The van der Waals surface area contributed by atoms with Crippen molar-refractivity contribution in [1.29, 1.82) is 0 Å². The number of carbonyl (C=O) groups excluding carboxylic acids is 4. The van der Waals surface area contributed by atoms with Crippen LogP contribution in [0.3, 0.4) is 0 Å². The van der Waals surface area contributed by atoms with E-state index in [0.29, 0.717) is 32.7 Å². The number of benzene rings is 1. The average Bonchev–Trinajstić information content (AvgIpc) is 3.47. The molecular weight excluding hydrogens is 704 g/mol. The number of halogens is 4. The van der Waals surface area contributed by atoms with Gasteiger partial charge in [0.25, 0.3) is 5.91 Å². The Labute approximate surface area is 299 Å². The molecule has 3 amide bonds. The first-order valence-electron chi connectivity index (χ1n) is 15.2. The number of pyridine rings is 1. The Morgan fingerprint density at radius 2 is 1.54 bits per heavy atom. The summed E-state index contributed by atoms with van der Waals surface area (Å²) in [4.78, 5) is 56.6. The number of anilines is 1. The number of ether oxygens (including phenoxy) is 1. The van der Waals surface area contributed by atoms with Crippen LogP contribution >= 0.6 is 46.4 Å². The number of amides is 3. The van der Waals surface area contributed by atoms with Gasteiger partial charge >= 0.3 is 6.09 Å². The summed E-state index contributed by atoms with van der Waals surface area (Å²) in [5.41, 5.74) is 0.774. The van der Waals surface area contributed by atoms with Gasteiger partial charge in [-0.25, -0.2) is 4.79 Å². The Morgan fingerprint density at radius 1 is 0.917 bits per heavy atom. The molecule has 11 nitrogen and oxygen atoms in total. The minimum atomic E-state index is -1.43. The van der Waals surface area contributed by atoms with Crippen LogP contribution in [0.2, 0.25) is 10.0 Å². The molecule has 0 aliphatic heterocycles. The summed E-state index contributed by atoms with van der Waals surface area (Å²) in [6.07, 6.45) is 0.548. The molecule has 2 heterocycles. The van der Waals surface area contributed by atoms with E-state index in [2.05, 4.69) is 20.8 Å². The lowest BCUT2D eigenvalue weighted by atomic mass is 9.96. The fourth-order valence-corrected chi connectivity index (χ4v) is 5.50. The number of aromatic nitrogens is 2. The van der Waals surface area contributed by atoms with Crippen molar-refractivity contribution in [2.24, 2.45) is 11.8 Å². The lowest BCUT2D eigenvalue weighted by Gasteiger charge is -2.29. The largest absolute Gasteiger partial charge is 0.444 e. The molecule has 2 N–H and O–H groups in total. The molecule has 1 aromatic carbocycles. The highest BCUT2D eigenvalue weighted by Crippen LogP contribution is 2.36. The molecule has 3 rings (SSSR count). The summed E-state index contributed by atoms with van der Waals surface area (Å²) in [6.45, 7) is 12.1.